The molecule has 1 aliphatic rings. The monoisotopic (exact) mass is 648 g/mol. The topological polar surface area (TPSA) is 141 Å². The molecule has 1 aromatic rings. The van der Waals surface area contributed by atoms with Crippen LogP contribution in [0.3, 0.4) is 0 Å². The van der Waals surface area contributed by atoms with E-state index < -0.39 is 44.2 Å². The van der Waals surface area contributed by atoms with Crippen LogP contribution in [0.4, 0.5) is 10.5 Å². The van der Waals surface area contributed by atoms with Crippen molar-refractivity contribution in [3.63, 3.8) is 0 Å². The number of nitrogens with one attached hydrogen (secondary N) is 1. The van der Waals surface area contributed by atoms with Crippen molar-refractivity contribution in [2.75, 3.05) is 18.9 Å². The number of ether oxygens (including phenoxy) is 3. The van der Waals surface area contributed by atoms with Gasteiger partial charge in [0.1, 0.15) is 6.10 Å². The second-order valence-corrected chi connectivity index (χ2v) is 12.4. The SMILES string of the molecule is B/B=S(\I)OC(=O)N(C)CC(=O)Nc1cc(CO)ccc1O[C@@H]1OC(C(C)=O)[C@@H](C)[C@H](C)C1OC(C)=O. The van der Waals surface area contributed by atoms with E-state index in [0.29, 0.717) is 5.56 Å². The molecule has 11 nitrogen and oxygen atoms in total. The molecule has 1 fully saturated rings. The van der Waals surface area contributed by atoms with Gasteiger partial charge in [-0.05, 0) is 12.8 Å². The zero-order chi connectivity index (χ0) is 27.9. The summed E-state index contributed by atoms with van der Waals surface area (Å²) in [4.78, 5) is 50.0. The number of esters is 1. The third-order valence-electron chi connectivity index (χ3n) is 5.85. The summed E-state index contributed by atoms with van der Waals surface area (Å²) in [6, 6.07) is 6.34. The molecule has 37 heavy (non-hydrogen) atoms. The number of rotatable bonds is 9. The van der Waals surface area contributed by atoms with Gasteiger partial charge in [0.2, 0.25) is 0 Å². The molecule has 3 unspecified atom stereocenters. The fourth-order valence-electron chi connectivity index (χ4n) is 3.73. The van der Waals surface area contributed by atoms with Gasteiger partial charge in [0, 0.05) is 12.8 Å². The van der Waals surface area contributed by atoms with Crippen LogP contribution >= 0.6 is 29.0 Å². The molecular weight excluding hydrogens is 617 g/mol. The van der Waals surface area contributed by atoms with Gasteiger partial charge in [0.15, 0.2) is 5.78 Å². The van der Waals surface area contributed by atoms with Crippen LogP contribution in [0.5, 0.6) is 5.75 Å². The summed E-state index contributed by atoms with van der Waals surface area (Å²) in [7, 11) is 2.47. The van der Waals surface area contributed by atoms with Gasteiger partial charge < -0.3 is 4.74 Å². The number of nitrogens with zero attached hydrogens (tertiary/aromatic N) is 1. The molecule has 0 bridgehead atoms. The Kier molecular flexibility index (Phi) is 12.0. The Morgan fingerprint density at radius 3 is 2.49 bits per heavy atom. The molecule has 1 saturated heterocycles. The molecular formula is C22H31B2IN2O9S. The van der Waals surface area contributed by atoms with Crippen LogP contribution in [0.1, 0.15) is 33.3 Å². The van der Waals surface area contributed by atoms with E-state index in [-0.39, 0.29) is 42.2 Å². The molecule has 2 amide bonds. The Morgan fingerprint density at radius 1 is 1.24 bits per heavy atom. The van der Waals surface area contributed by atoms with Crippen LogP contribution < -0.4 is 10.1 Å². The van der Waals surface area contributed by atoms with Gasteiger partial charge in [0.25, 0.3) is 0 Å². The Hall–Kier alpha value is -1.97. The fraction of sp³-hybridized carbons (Fsp3) is 0.545. The first-order chi connectivity index (χ1) is 17.4. The molecule has 0 radical (unpaired) electrons. The summed E-state index contributed by atoms with van der Waals surface area (Å²) in [6.07, 6.45) is -3.39. The molecule has 0 aromatic heterocycles. The van der Waals surface area contributed by atoms with Gasteiger partial charge in [-0.2, -0.15) is 0 Å². The number of hydrogen-bond donors (Lipinski definition) is 2. The van der Waals surface area contributed by atoms with Crippen LogP contribution in [0.2, 0.25) is 0 Å². The first-order valence-electron chi connectivity index (χ1n) is 11.5. The first-order valence-corrected chi connectivity index (χ1v) is 15.3. The number of halogens is 1. The molecule has 1 aliphatic heterocycles. The Labute approximate surface area is 232 Å². The van der Waals surface area contributed by atoms with E-state index in [1.165, 1.54) is 33.0 Å². The maximum absolute atomic E-state index is 12.7. The van der Waals surface area contributed by atoms with Gasteiger partial charge in [-0.25, -0.2) is 0 Å². The van der Waals surface area contributed by atoms with Crippen molar-refractivity contribution in [3.8, 4) is 5.75 Å². The van der Waals surface area contributed by atoms with E-state index in [2.05, 4.69) is 5.32 Å². The van der Waals surface area contributed by atoms with E-state index in [1.54, 1.807) is 19.8 Å². The number of likely N-dealkylation sites (N-methyl/N-ethyl adjacent to an activating group) is 1. The number of amides is 2. The molecule has 0 saturated carbocycles. The minimum atomic E-state index is -1.14. The molecule has 0 spiro atoms. The van der Waals surface area contributed by atoms with Crippen LogP contribution in [-0.2, 0) is 34.6 Å². The van der Waals surface area contributed by atoms with Gasteiger partial charge >= 0.3 is 167 Å². The normalized spacial score (nSPS) is 23.8. The van der Waals surface area contributed by atoms with Crippen molar-refractivity contribution in [1.29, 1.82) is 0 Å². The number of aliphatic hydroxyl groups is 1. The number of benzene rings is 1. The van der Waals surface area contributed by atoms with Gasteiger partial charge in [0.05, 0.1) is 0 Å². The third-order valence-corrected chi connectivity index (χ3v) is 8.59. The van der Waals surface area contributed by atoms with Crippen molar-refractivity contribution in [3.05, 3.63) is 23.8 Å². The Balaban J connectivity index is 2.29. The number of hydrogen-bond acceptors (Lipinski definition) is 9. The summed E-state index contributed by atoms with van der Waals surface area (Å²) in [5, 5.41) is 12.3. The minimum Gasteiger partial charge on any atom is -0.456 e. The molecule has 0 aliphatic carbocycles. The standard InChI is InChI=1S/C22H31B2IN2O9S/c1-11-12(2)20(33-14(4)30)21(35-19(11)13(3)29)34-17-7-6-15(10-28)8-16(17)26-18(31)9-27(5)22(32)36-37(25)24-23/h6-8,11-12,19-21,28H,9-10,23H2,1-5H3,(H,26,31)/t11-,12-,19?,20?,21+,37?/m0/s1. The van der Waals surface area contributed by atoms with E-state index >= 15 is 0 Å². The molecule has 2 rings (SSSR count). The Morgan fingerprint density at radius 2 is 1.92 bits per heavy atom. The molecule has 1 aromatic carbocycles. The Bertz CT molecular complexity index is 1060. The minimum absolute atomic E-state index is 0.163. The second-order valence-electron chi connectivity index (χ2n) is 8.67. The van der Waals surface area contributed by atoms with Gasteiger partial charge in [-0.3, -0.25) is 9.59 Å². The van der Waals surface area contributed by atoms with E-state index in [9.17, 15) is 24.3 Å². The van der Waals surface area contributed by atoms with E-state index in [4.69, 9.17) is 18.4 Å². The zero-order valence-corrected chi connectivity index (χ0v) is 24.5. The molecule has 1 heterocycles. The van der Waals surface area contributed by atoms with Crippen LogP contribution in [0.15, 0.2) is 18.2 Å². The number of carbonyl (C=O) groups is 4. The average molecular weight is 648 g/mol. The smallest absolute Gasteiger partial charge is 0.456 e. The van der Waals surface area contributed by atoms with Crippen molar-refractivity contribution in [2.45, 2.75) is 52.8 Å². The third kappa shape index (κ3) is 8.79. The van der Waals surface area contributed by atoms with E-state index in [1.807, 2.05) is 35.1 Å². The number of aliphatic hydroxyl groups excluding tert-OH is 1. The molecule has 2 N–H and O–H groups in total. The predicted molar refractivity (Wildman–Crippen MR) is 150 cm³/mol. The van der Waals surface area contributed by atoms with Crippen molar-refractivity contribution in [1.82, 2.24) is 4.90 Å². The van der Waals surface area contributed by atoms with Crippen LogP contribution in [0, 0.1) is 11.8 Å². The quantitative estimate of drug-likeness (QED) is 0.233. The number of anilines is 1. The number of ketones is 1. The molecule has 202 valence electrons. The summed E-state index contributed by atoms with van der Waals surface area (Å²) >= 11 is 1.96. The predicted octanol–water partition coefficient (Wildman–Crippen LogP) is 1.78. The van der Waals surface area contributed by atoms with Gasteiger partial charge in [-0.15, -0.1) is 0 Å². The fourth-order valence-corrected chi connectivity index (χ4v) is 4.56. The van der Waals surface area contributed by atoms with E-state index in [0.717, 1.165) is 4.90 Å². The summed E-state index contributed by atoms with van der Waals surface area (Å²) in [6.45, 7) is 5.77. The number of carbonyl (C=O) groups excluding carboxylic acids is 4. The van der Waals surface area contributed by atoms with Gasteiger partial charge in [-0.1, -0.05) is 13.8 Å². The first kappa shape index (κ1) is 31.2. The second kappa shape index (κ2) is 14.3. The average Bonchev–Trinajstić information content (AvgIpc) is 2.83. The van der Waals surface area contributed by atoms with Crippen LogP contribution in [-0.4, -0.2) is 79.6 Å². The van der Waals surface area contributed by atoms with Crippen molar-refractivity contribution < 1.29 is 42.7 Å². The summed E-state index contributed by atoms with van der Waals surface area (Å²) in [5.41, 5.74) is 0.692. The molecule has 15 heteroatoms. The van der Waals surface area contributed by atoms with Crippen molar-refractivity contribution in [2.24, 2.45) is 11.8 Å². The zero-order valence-electron chi connectivity index (χ0n) is 21.6. The maximum atomic E-state index is 12.7. The summed E-state index contributed by atoms with van der Waals surface area (Å²) < 4.78 is 22.7. The van der Waals surface area contributed by atoms with Crippen molar-refractivity contribution >= 4 is 72.2 Å². The molecule has 6 atom stereocenters. The summed E-state index contributed by atoms with van der Waals surface area (Å²) in [5.74, 6) is -1.61. The number of Topliss-reactive ketones (excluding diaryl/α,β-unsaturated/α-hetero) is 1. The van der Waals surface area contributed by atoms with Crippen LogP contribution in [0.25, 0.3) is 0 Å².